The van der Waals surface area contributed by atoms with E-state index in [0.717, 1.165) is 24.3 Å². The Hall–Kier alpha value is -1.51. The molecule has 1 aliphatic heterocycles. The van der Waals surface area contributed by atoms with E-state index < -0.39 is 5.97 Å². The molecule has 1 aliphatic rings. The molecule has 0 spiro atoms. The average molecular weight is 275 g/mol. The van der Waals surface area contributed by atoms with Crippen LogP contribution in [-0.4, -0.2) is 24.2 Å². The minimum atomic E-state index is -0.847. The molecule has 0 unspecified atom stereocenters. The van der Waals surface area contributed by atoms with Gasteiger partial charge in [-0.05, 0) is 37.5 Å². The number of aryl methyl sites for hydroxylation is 1. The minimum absolute atomic E-state index is 0.383. The number of carboxylic acids is 1. The molecule has 0 radical (unpaired) electrons. The van der Waals surface area contributed by atoms with E-state index in [0.29, 0.717) is 11.0 Å². The highest BCUT2D eigenvalue weighted by atomic mass is 16.4. The number of hydrogen-bond donors (Lipinski definition) is 1. The number of nitrogens with zero attached hydrogens (tertiary/aromatic N) is 1. The molecule has 20 heavy (non-hydrogen) atoms. The number of carboxylic acid groups (broad SMARTS) is 1. The fourth-order valence-electron chi connectivity index (χ4n) is 3.52. The van der Waals surface area contributed by atoms with Crippen molar-refractivity contribution in [3.05, 3.63) is 29.3 Å². The highest BCUT2D eigenvalue weighted by molar-refractivity contribution is 5.89. The first-order valence-electron chi connectivity index (χ1n) is 7.60. The van der Waals surface area contributed by atoms with Crippen molar-refractivity contribution in [2.45, 2.75) is 46.5 Å². The van der Waals surface area contributed by atoms with E-state index in [4.69, 9.17) is 5.11 Å². The normalized spacial score (nSPS) is 16.9. The van der Waals surface area contributed by atoms with Crippen molar-refractivity contribution >= 4 is 11.7 Å². The van der Waals surface area contributed by atoms with Crippen LogP contribution in [0.1, 0.15) is 55.5 Å². The van der Waals surface area contributed by atoms with Gasteiger partial charge in [-0.15, -0.1) is 0 Å². The van der Waals surface area contributed by atoms with E-state index >= 15 is 0 Å². The molecule has 0 bridgehead atoms. The third kappa shape index (κ3) is 2.82. The van der Waals surface area contributed by atoms with Crippen molar-refractivity contribution in [3.8, 4) is 0 Å². The lowest BCUT2D eigenvalue weighted by atomic mass is 9.72. The summed E-state index contributed by atoms with van der Waals surface area (Å²) in [5.74, 6) is -0.847. The van der Waals surface area contributed by atoms with E-state index in [9.17, 15) is 4.79 Å². The van der Waals surface area contributed by atoms with Crippen LogP contribution in [0.25, 0.3) is 0 Å². The average Bonchev–Trinajstić information content (AvgIpc) is 2.36. The highest BCUT2D eigenvalue weighted by Gasteiger charge is 2.41. The van der Waals surface area contributed by atoms with Gasteiger partial charge in [-0.3, -0.25) is 0 Å². The van der Waals surface area contributed by atoms with Crippen molar-refractivity contribution in [1.82, 2.24) is 0 Å². The van der Waals surface area contributed by atoms with Crippen molar-refractivity contribution in [3.63, 3.8) is 0 Å². The van der Waals surface area contributed by atoms with Crippen molar-refractivity contribution in [1.29, 1.82) is 0 Å². The van der Waals surface area contributed by atoms with Crippen LogP contribution in [0.3, 0.4) is 0 Å². The smallest absolute Gasteiger partial charge is 0.335 e. The van der Waals surface area contributed by atoms with Gasteiger partial charge in [0.2, 0.25) is 0 Å². The summed E-state index contributed by atoms with van der Waals surface area (Å²) in [5.41, 5.74) is 3.09. The molecule has 1 saturated heterocycles. The number of aromatic carboxylic acids is 1. The summed E-state index contributed by atoms with van der Waals surface area (Å²) in [7, 11) is 0. The van der Waals surface area contributed by atoms with Crippen LogP contribution < -0.4 is 4.90 Å². The lowest BCUT2D eigenvalue weighted by Crippen LogP contribution is -2.56. The number of benzene rings is 1. The van der Waals surface area contributed by atoms with Gasteiger partial charge in [-0.2, -0.15) is 0 Å². The lowest BCUT2D eigenvalue weighted by Gasteiger charge is -2.52. The molecule has 1 N–H and O–H groups in total. The van der Waals surface area contributed by atoms with Crippen molar-refractivity contribution in [2.24, 2.45) is 5.41 Å². The van der Waals surface area contributed by atoms with Gasteiger partial charge in [0.05, 0.1) is 5.56 Å². The molecule has 3 heteroatoms. The number of anilines is 1. The Bertz CT molecular complexity index is 482. The Morgan fingerprint density at radius 1 is 1.25 bits per heavy atom. The second-order valence-electron chi connectivity index (χ2n) is 6.16. The van der Waals surface area contributed by atoms with Crippen LogP contribution in [0.15, 0.2) is 18.2 Å². The van der Waals surface area contributed by atoms with Crippen LogP contribution in [0, 0.1) is 12.3 Å². The summed E-state index contributed by atoms with van der Waals surface area (Å²) in [6.07, 6.45) is 4.99. The number of rotatable bonds is 6. The Balaban J connectivity index is 2.15. The molecule has 2 rings (SSSR count). The van der Waals surface area contributed by atoms with Crippen molar-refractivity contribution in [2.75, 3.05) is 18.0 Å². The quantitative estimate of drug-likeness (QED) is 0.849. The monoisotopic (exact) mass is 275 g/mol. The van der Waals surface area contributed by atoms with Gasteiger partial charge in [0.1, 0.15) is 0 Å². The maximum absolute atomic E-state index is 11.1. The summed E-state index contributed by atoms with van der Waals surface area (Å²) in [4.78, 5) is 13.4. The van der Waals surface area contributed by atoms with Crippen LogP contribution >= 0.6 is 0 Å². The van der Waals surface area contributed by atoms with Gasteiger partial charge in [-0.1, -0.05) is 32.8 Å². The van der Waals surface area contributed by atoms with Gasteiger partial charge in [0.25, 0.3) is 0 Å². The topological polar surface area (TPSA) is 40.5 Å². The summed E-state index contributed by atoms with van der Waals surface area (Å²) in [6.45, 7) is 8.69. The van der Waals surface area contributed by atoms with Crippen LogP contribution in [-0.2, 0) is 0 Å². The molecule has 0 aliphatic carbocycles. The summed E-state index contributed by atoms with van der Waals surface area (Å²) in [5, 5.41) is 9.13. The second kappa shape index (κ2) is 5.86. The molecule has 3 nitrogen and oxygen atoms in total. The summed E-state index contributed by atoms with van der Waals surface area (Å²) >= 11 is 0. The maximum atomic E-state index is 11.1. The van der Waals surface area contributed by atoms with E-state index in [1.165, 1.54) is 25.7 Å². The zero-order valence-electron chi connectivity index (χ0n) is 12.8. The Kier molecular flexibility index (Phi) is 4.36. The fourth-order valence-corrected chi connectivity index (χ4v) is 3.52. The molecule has 1 fully saturated rings. The second-order valence-corrected chi connectivity index (χ2v) is 6.16. The third-order valence-electron chi connectivity index (χ3n) is 4.41. The Labute approximate surface area is 121 Å². The molecule has 0 amide bonds. The minimum Gasteiger partial charge on any atom is -0.478 e. The Morgan fingerprint density at radius 3 is 2.35 bits per heavy atom. The van der Waals surface area contributed by atoms with Gasteiger partial charge < -0.3 is 10.0 Å². The lowest BCUT2D eigenvalue weighted by molar-refractivity contribution is 0.0697. The maximum Gasteiger partial charge on any atom is 0.335 e. The predicted octanol–water partition coefficient (Wildman–Crippen LogP) is 4.10. The molecule has 0 atom stereocenters. The Morgan fingerprint density at radius 2 is 1.85 bits per heavy atom. The molecular formula is C17H25NO2. The first-order valence-corrected chi connectivity index (χ1v) is 7.60. The molecule has 0 aromatic heterocycles. The van der Waals surface area contributed by atoms with Gasteiger partial charge in [0, 0.05) is 24.2 Å². The van der Waals surface area contributed by atoms with Gasteiger partial charge >= 0.3 is 5.97 Å². The standard InChI is InChI=1S/C17H25NO2/c1-4-8-17(9-5-2)11-18(12-17)15-10-14(16(19)20)7-6-13(15)3/h6-7,10H,4-5,8-9,11-12H2,1-3H3,(H,19,20). The summed E-state index contributed by atoms with van der Waals surface area (Å²) in [6, 6.07) is 5.42. The fraction of sp³-hybridized carbons (Fsp3) is 0.588. The SMILES string of the molecule is CCCC1(CCC)CN(c2cc(C(=O)O)ccc2C)C1. The van der Waals surface area contributed by atoms with E-state index in [2.05, 4.69) is 25.7 Å². The first kappa shape index (κ1) is 14.9. The largest absolute Gasteiger partial charge is 0.478 e. The van der Waals surface area contributed by atoms with Gasteiger partial charge in [-0.25, -0.2) is 4.79 Å². The van der Waals surface area contributed by atoms with Crippen LogP contribution in [0.4, 0.5) is 5.69 Å². The molecular weight excluding hydrogens is 250 g/mol. The zero-order valence-corrected chi connectivity index (χ0v) is 12.8. The first-order chi connectivity index (χ1) is 9.51. The zero-order chi connectivity index (χ0) is 14.8. The van der Waals surface area contributed by atoms with E-state index in [-0.39, 0.29) is 0 Å². The summed E-state index contributed by atoms with van der Waals surface area (Å²) < 4.78 is 0. The van der Waals surface area contributed by atoms with Crippen LogP contribution in [0.2, 0.25) is 0 Å². The molecule has 0 saturated carbocycles. The number of carbonyl (C=O) groups is 1. The third-order valence-corrected chi connectivity index (χ3v) is 4.41. The molecule has 1 aromatic rings. The number of hydrogen-bond acceptors (Lipinski definition) is 2. The van der Waals surface area contributed by atoms with Gasteiger partial charge in [0.15, 0.2) is 0 Å². The molecule has 1 heterocycles. The van der Waals surface area contributed by atoms with Crippen LogP contribution in [0.5, 0.6) is 0 Å². The predicted molar refractivity (Wildman–Crippen MR) is 82.6 cm³/mol. The highest BCUT2D eigenvalue weighted by Crippen LogP contribution is 2.42. The van der Waals surface area contributed by atoms with Crippen molar-refractivity contribution < 1.29 is 9.90 Å². The van der Waals surface area contributed by atoms with E-state index in [1.54, 1.807) is 6.07 Å². The molecule has 1 aromatic carbocycles. The molecule has 110 valence electrons. The van der Waals surface area contributed by atoms with E-state index in [1.807, 2.05) is 12.1 Å².